The van der Waals surface area contributed by atoms with E-state index < -0.39 is 19.3 Å². The predicted octanol–water partition coefficient (Wildman–Crippen LogP) is 2.88. The normalized spacial score (nSPS) is 12.8. The standard InChI is InChI=1S/C15H20N3O5P/c1-4-22-24(20,23-5-2)14(12-9-7-6-8-10-12)18-11-13(16-17-18)15(19)21-3/h6-11,14H,4-5H2,1-3H3. The molecular weight excluding hydrogens is 333 g/mol. The van der Waals surface area contributed by atoms with Crippen molar-refractivity contribution in [3.8, 4) is 0 Å². The van der Waals surface area contributed by atoms with Crippen LogP contribution >= 0.6 is 7.60 Å². The molecule has 24 heavy (non-hydrogen) atoms. The first-order valence-electron chi connectivity index (χ1n) is 7.49. The summed E-state index contributed by atoms with van der Waals surface area (Å²) in [6.07, 6.45) is 1.37. The molecule has 0 N–H and O–H groups in total. The van der Waals surface area contributed by atoms with Crippen LogP contribution in [-0.4, -0.2) is 41.3 Å². The first kappa shape index (κ1) is 18.3. The molecule has 0 saturated carbocycles. The van der Waals surface area contributed by atoms with Gasteiger partial charge in [0.15, 0.2) is 11.5 Å². The number of esters is 1. The summed E-state index contributed by atoms with van der Waals surface area (Å²) in [6.45, 7) is 3.88. The van der Waals surface area contributed by atoms with E-state index in [4.69, 9.17) is 9.05 Å². The van der Waals surface area contributed by atoms with Gasteiger partial charge in [0.05, 0.1) is 26.5 Å². The summed E-state index contributed by atoms with van der Waals surface area (Å²) in [5, 5.41) is 7.70. The van der Waals surface area contributed by atoms with E-state index in [1.54, 1.807) is 26.0 Å². The van der Waals surface area contributed by atoms with Crippen LogP contribution in [-0.2, 0) is 18.3 Å². The molecule has 1 atom stereocenters. The lowest BCUT2D eigenvalue weighted by molar-refractivity contribution is 0.0593. The lowest BCUT2D eigenvalue weighted by Gasteiger charge is -2.26. The van der Waals surface area contributed by atoms with Crippen molar-refractivity contribution in [1.82, 2.24) is 15.0 Å². The van der Waals surface area contributed by atoms with E-state index in [1.165, 1.54) is 18.0 Å². The zero-order chi connectivity index (χ0) is 17.6. The van der Waals surface area contributed by atoms with Crippen molar-refractivity contribution in [3.05, 3.63) is 47.8 Å². The third-order valence-corrected chi connectivity index (χ3v) is 5.54. The minimum absolute atomic E-state index is 0.0120. The molecule has 2 aromatic rings. The van der Waals surface area contributed by atoms with E-state index in [0.717, 1.165) is 0 Å². The average Bonchev–Trinajstić information content (AvgIpc) is 3.05. The Morgan fingerprint density at radius 1 is 1.21 bits per heavy atom. The zero-order valence-electron chi connectivity index (χ0n) is 13.8. The van der Waals surface area contributed by atoms with Gasteiger partial charge in [-0.1, -0.05) is 35.5 Å². The molecule has 0 radical (unpaired) electrons. The molecule has 0 aliphatic rings. The van der Waals surface area contributed by atoms with Crippen molar-refractivity contribution in [3.63, 3.8) is 0 Å². The van der Waals surface area contributed by atoms with E-state index in [0.29, 0.717) is 5.56 Å². The predicted molar refractivity (Wildman–Crippen MR) is 86.8 cm³/mol. The Hall–Kier alpha value is -2.02. The third kappa shape index (κ3) is 3.90. The van der Waals surface area contributed by atoms with Crippen molar-refractivity contribution in [2.75, 3.05) is 20.3 Å². The largest absolute Gasteiger partial charge is 0.464 e. The molecule has 130 valence electrons. The maximum atomic E-state index is 13.3. The van der Waals surface area contributed by atoms with Gasteiger partial charge in [-0.05, 0) is 19.4 Å². The van der Waals surface area contributed by atoms with Crippen LogP contribution in [0.15, 0.2) is 36.5 Å². The van der Waals surface area contributed by atoms with Crippen LogP contribution in [0.5, 0.6) is 0 Å². The molecule has 8 nitrogen and oxygen atoms in total. The Balaban J connectivity index is 2.53. The second kappa shape index (κ2) is 8.19. The van der Waals surface area contributed by atoms with Crippen LogP contribution in [0.3, 0.4) is 0 Å². The molecule has 2 rings (SSSR count). The highest BCUT2D eigenvalue weighted by Crippen LogP contribution is 2.61. The molecular formula is C15H20N3O5P. The number of nitrogens with zero attached hydrogens (tertiary/aromatic N) is 3. The van der Waals surface area contributed by atoms with Crippen LogP contribution < -0.4 is 0 Å². The van der Waals surface area contributed by atoms with Gasteiger partial charge in [-0.3, -0.25) is 4.57 Å². The summed E-state index contributed by atoms with van der Waals surface area (Å²) < 4.78 is 30.2. The molecule has 0 aliphatic carbocycles. The highest BCUT2D eigenvalue weighted by molar-refractivity contribution is 7.54. The van der Waals surface area contributed by atoms with E-state index >= 15 is 0 Å². The van der Waals surface area contributed by atoms with Crippen LogP contribution in [0.4, 0.5) is 0 Å². The summed E-state index contributed by atoms with van der Waals surface area (Å²) in [7, 11) is -2.34. The number of methoxy groups -OCH3 is 1. The highest BCUT2D eigenvalue weighted by Gasteiger charge is 2.39. The van der Waals surface area contributed by atoms with E-state index in [-0.39, 0.29) is 18.9 Å². The second-order valence-electron chi connectivity index (χ2n) is 4.74. The van der Waals surface area contributed by atoms with E-state index in [2.05, 4.69) is 15.0 Å². The zero-order valence-corrected chi connectivity index (χ0v) is 14.7. The molecule has 1 heterocycles. The van der Waals surface area contributed by atoms with Gasteiger partial charge in [0, 0.05) is 0 Å². The smallest absolute Gasteiger partial charge is 0.360 e. The molecule has 0 aliphatic heterocycles. The fraction of sp³-hybridized carbons (Fsp3) is 0.400. The van der Waals surface area contributed by atoms with Crippen molar-refractivity contribution in [1.29, 1.82) is 0 Å². The van der Waals surface area contributed by atoms with Gasteiger partial charge in [0.25, 0.3) is 0 Å². The fourth-order valence-electron chi connectivity index (χ4n) is 2.24. The Labute approximate surface area is 140 Å². The minimum Gasteiger partial charge on any atom is -0.464 e. The SMILES string of the molecule is CCOP(=O)(OCC)C(c1ccccc1)n1cc(C(=O)OC)nn1. The molecule has 0 amide bonds. The number of carbonyl (C=O) groups is 1. The van der Waals surface area contributed by atoms with Gasteiger partial charge in [0.1, 0.15) is 0 Å². The maximum Gasteiger partial charge on any atom is 0.360 e. The lowest BCUT2D eigenvalue weighted by atomic mass is 10.2. The molecule has 1 unspecified atom stereocenters. The number of ether oxygens (including phenoxy) is 1. The van der Waals surface area contributed by atoms with Crippen LogP contribution in [0.1, 0.15) is 35.7 Å². The van der Waals surface area contributed by atoms with Crippen LogP contribution in [0.25, 0.3) is 0 Å². The summed E-state index contributed by atoms with van der Waals surface area (Å²) in [6, 6.07) is 9.03. The highest BCUT2D eigenvalue weighted by atomic mass is 31.2. The first-order valence-corrected chi connectivity index (χ1v) is 9.10. The van der Waals surface area contributed by atoms with E-state index in [1.807, 2.05) is 18.2 Å². The second-order valence-corrected chi connectivity index (χ2v) is 6.82. The summed E-state index contributed by atoms with van der Waals surface area (Å²) >= 11 is 0. The van der Waals surface area contributed by atoms with Gasteiger partial charge >= 0.3 is 13.6 Å². The summed E-state index contributed by atoms with van der Waals surface area (Å²) in [5.74, 6) is -1.49. The van der Waals surface area contributed by atoms with Crippen molar-refractivity contribution >= 4 is 13.6 Å². The molecule has 0 saturated heterocycles. The van der Waals surface area contributed by atoms with Crippen LogP contribution in [0.2, 0.25) is 0 Å². The molecule has 0 bridgehead atoms. The number of hydrogen-bond donors (Lipinski definition) is 0. The number of hydrogen-bond acceptors (Lipinski definition) is 7. The van der Waals surface area contributed by atoms with Gasteiger partial charge in [0.2, 0.25) is 0 Å². The van der Waals surface area contributed by atoms with Gasteiger partial charge in [-0.2, -0.15) is 0 Å². The van der Waals surface area contributed by atoms with Crippen LogP contribution in [0, 0.1) is 0 Å². The maximum absolute atomic E-state index is 13.3. The molecule has 9 heteroatoms. The average molecular weight is 353 g/mol. The van der Waals surface area contributed by atoms with Crippen molar-refractivity contribution in [2.24, 2.45) is 0 Å². The third-order valence-electron chi connectivity index (χ3n) is 3.17. The Bertz CT molecular complexity index is 709. The summed E-state index contributed by atoms with van der Waals surface area (Å²) in [5.41, 5.74) is 0.682. The molecule has 0 spiro atoms. The quantitative estimate of drug-likeness (QED) is 0.532. The van der Waals surface area contributed by atoms with Crippen molar-refractivity contribution < 1.29 is 23.1 Å². The fourth-order valence-corrected chi connectivity index (χ4v) is 4.25. The number of aromatic nitrogens is 3. The molecule has 1 aromatic carbocycles. The number of benzene rings is 1. The van der Waals surface area contributed by atoms with Gasteiger partial charge in [-0.15, -0.1) is 5.10 Å². The Morgan fingerprint density at radius 3 is 2.38 bits per heavy atom. The van der Waals surface area contributed by atoms with Crippen molar-refractivity contribution in [2.45, 2.75) is 19.6 Å². The summed E-state index contributed by atoms with van der Waals surface area (Å²) in [4.78, 5) is 11.6. The number of carbonyl (C=O) groups excluding carboxylic acids is 1. The minimum atomic E-state index is -3.59. The topological polar surface area (TPSA) is 92.5 Å². The van der Waals surface area contributed by atoms with Gasteiger partial charge < -0.3 is 13.8 Å². The lowest BCUT2D eigenvalue weighted by Crippen LogP contribution is -2.16. The molecule has 1 aromatic heterocycles. The Morgan fingerprint density at radius 2 is 1.83 bits per heavy atom. The monoisotopic (exact) mass is 353 g/mol. The van der Waals surface area contributed by atoms with E-state index in [9.17, 15) is 9.36 Å². The first-order chi connectivity index (χ1) is 11.6. The molecule has 0 fully saturated rings. The number of rotatable bonds is 8. The van der Waals surface area contributed by atoms with Gasteiger partial charge in [-0.25, -0.2) is 9.48 Å². The Kier molecular flexibility index (Phi) is 6.25.